The highest BCUT2D eigenvalue weighted by Crippen LogP contribution is 2.11. The number of amides is 2. The highest BCUT2D eigenvalue weighted by molar-refractivity contribution is 5.93. The van der Waals surface area contributed by atoms with E-state index in [0.29, 0.717) is 31.0 Å². The van der Waals surface area contributed by atoms with Gasteiger partial charge in [-0.25, -0.2) is 5.84 Å². The van der Waals surface area contributed by atoms with Gasteiger partial charge in [0.15, 0.2) is 0 Å². The van der Waals surface area contributed by atoms with E-state index in [1.54, 1.807) is 31.3 Å². The third-order valence-electron chi connectivity index (χ3n) is 2.68. The fraction of sp³-hybridized carbons (Fsp3) is 0.385. The Morgan fingerprint density at radius 2 is 1.95 bits per heavy atom. The van der Waals surface area contributed by atoms with Crippen LogP contribution in [-0.4, -0.2) is 50.5 Å². The van der Waals surface area contributed by atoms with Crippen LogP contribution in [0, 0.1) is 0 Å². The summed E-state index contributed by atoms with van der Waals surface area (Å²) in [6.45, 7) is 1.41. The summed E-state index contributed by atoms with van der Waals surface area (Å²) in [6.07, 6.45) is 0. The first-order valence-electron chi connectivity index (χ1n) is 6.19. The zero-order valence-corrected chi connectivity index (χ0v) is 11.7. The number of carbonyl (C=O) groups is 2. The van der Waals surface area contributed by atoms with Gasteiger partial charge in [0.25, 0.3) is 5.91 Å². The van der Waals surface area contributed by atoms with Gasteiger partial charge in [-0.3, -0.25) is 19.9 Å². The number of benzene rings is 1. The van der Waals surface area contributed by atoms with E-state index in [4.69, 9.17) is 10.6 Å². The Hall–Kier alpha value is -2.12. The van der Waals surface area contributed by atoms with Crippen molar-refractivity contribution in [1.82, 2.24) is 15.6 Å². The lowest BCUT2D eigenvalue weighted by molar-refractivity contribution is -0.121. The Morgan fingerprint density at radius 1 is 1.30 bits per heavy atom. The molecular weight excluding hydrogens is 260 g/mol. The standard InChI is InChI=1S/C13H20N4O3/c1-15-12(18)9-17(2)7-8-20-11-5-3-10(4-6-11)13(19)16-14/h3-6H,7-9,14H2,1-2H3,(H,15,18)(H,16,19). The van der Waals surface area contributed by atoms with Crippen LogP contribution in [0.25, 0.3) is 0 Å². The predicted molar refractivity (Wildman–Crippen MR) is 75.2 cm³/mol. The number of rotatable bonds is 7. The number of hydrogen-bond acceptors (Lipinski definition) is 5. The molecule has 110 valence electrons. The fourth-order valence-electron chi connectivity index (χ4n) is 1.51. The molecule has 0 saturated heterocycles. The van der Waals surface area contributed by atoms with E-state index in [9.17, 15) is 9.59 Å². The van der Waals surface area contributed by atoms with E-state index < -0.39 is 0 Å². The van der Waals surface area contributed by atoms with E-state index in [2.05, 4.69) is 10.7 Å². The molecule has 0 spiro atoms. The average Bonchev–Trinajstić information content (AvgIpc) is 2.47. The van der Waals surface area contributed by atoms with Crippen LogP contribution in [0.3, 0.4) is 0 Å². The van der Waals surface area contributed by atoms with Crippen molar-refractivity contribution < 1.29 is 14.3 Å². The maximum atomic E-state index is 11.2. The van der Waals surface area contributed by atoms with Crippen LogP contribution >= 0.6 is 0 Å². The molecule has 20 heavy (non-hydrogen) atoms. The Bertz CT molecular complexity index is 447. The number of hydrazine groups is 1. The van der Waals surface area contributed by atoms with Gasteiger partial charge in [0.2, 0.25) is 5.91 Å². The van der Waals surface area contributed by atoms with Gasteiger partial charge in [-0.2, -0.15) is 0 Å². The van der Waals surface area contributed by atoms with Crippen molar-refractivity contribution in [1.29, 1.82) is 0 Å². The first-order chi connectivity index (χ1) is 9.56. The molecule has 0 aliphatic carbocycles. The molecule has 2 amide bonds. The van der Waals surface area contributed by atoms with Crippen molar-refractivity contribution >= 4 is 11.8 Å². The van der Waals surface area contributed by atoms with Crippen LogP contribution in [-0.2, 0) is 4.79 Å². The highest BCUT2D eigenvalue weighted by Gasteiger charge is 2.05. The van der Waals surface area contributed by atoms with Crippen molar-refractivity contribution in [2.75, 3.05) is 33.8 Å². The van der Waals surface area contributed by atoms with Crippen LogP contribution in [0.1, 0.15) is 10.4 Å². The second kappa shape index (κ2) is 8.13. The zero-order chi connectivity index (χ0) is 15.0. The topological polar surface area (TPSA) is 96.7 Å². The first-order valence-corrected chi connectivity index (χ1v) is 6.19. The molecule has 1 aromatic carbocycles. The third-order valence-corrected chi connectivity index (χ3v) is 2.68. The lowest BCUT2D eigenvalue weighted by Crippen LogP contribution is -2.35. The Kier molecular flexibility index (Phi) is 6.48. The molecule has 4 N–H and O–H groups in total. The van der Waals surface area contributed by atoms with Gasteiger partial charge in [-0.1, -0.05) is 0 Å². The predicted octanol–water partition coefficient (Wildman–Crippen LogP) is -0.653. The van der Waals surface area contributed by atoms with E-state index >= 15 is 0 Å². The van der Waals surface area contributed by atoms with Crippen molar-refractivity contribution in [3.63, 3.8) is 0 Å². The first kappa shape index (κ1) is 15.9. The molecule has 1 aromatic rings. The molecule has 0 unspecified atom stereocenters. The largest absolute Gasteiger partial charge is 0.492 e. The van der Waals surface area contributed by atoms with Crippen LogP contribution in [0.4, 0.5) is 0 Å². The molecule has 0 atom stereocenters. The van der Waals surface area contributed by atoms with Crippen LogP contribution in [0.15, 0.2) is 24.3 Å². The van der Waals surface area contributed by atoms with Gasteiger partial charge in [-0.15, -0.1) is 0 Å². The number of ether oxygens (including phenoxy) is 1. The van der Waals surface area contributed by atoms with Crippen molar-refractivity contribution in [2.45, 2.75) is 0 Å². The molecule has 0 bridgehead atoms. The highest BCUT2D eigenvalue weighted by atomic mass is 16.5. The summed E-state index contributed by atoms with van der Waals surface area (Å²) in [4.78, 5) is 24.2. The van der Waals surface area contributed by atoms with E-state index in [-0.39, 0.29) is 11.8 Å². The molecule has 0 fully saturated rings. The number of hydrogen-bond donors (Lipinski definition) is 3. The summed E-state index contributed by atoms with van der Waals surface area (Å²) in [7, 11) is 3.44. The molecule has 0 saturated carbocycles. The number of nitrogens with one attached hydrogen (secondary N) is 2. The van der Waals surface area contributed by atoms with E-state index in [0.717, 1.165) is 0 Å². The van der Waals surface area contributed by atoms with Gasteiger partial charge >= 0.3 is 0 Å². The van der Waals surface area contributed by atoms with Crippen molar-refractivity contribution in [2.24, 2.45) is 5.84 Å². The summed E-state index contributed by atoms with van der Waals surface area (Å²) in [5, 5.41) is 2.56. The summed E-state index contributed by atoms with van der Waals surface area (Å²) in [6, 6.07) is 6.66. The van der Waals surface area contributed by atoms with Crippen LogP contribution in [0.2, 0.25) is 0 Å². The van der Waals surface area contributed by atoms with Gasteiger partial charge < -0.3 is 10.1 Å². The maximum Gasteiger partial charge on any atom is 0.265 e. The van der Waals surface area contributed by atoms with Gasteiger partial charge in [0.1, 0.15) is 12.4 Å². The monoisotopic (exact) mass is 280 g/mol. The molecule has 0 aliphatic rings. The molecule has 1 rings (SSSR count). The minimum absolute atomic E-state index is 0.0374. The molecule has 0 aromatic heterocycles. The number of likely N-dealkylation sites (N-methyl/N-ethyl adjacent to an activating group) is 2. The normalized spacial score (nSPS) is 10.2. The van der Waals surface area contributed by atoms with Crippen molar-refractivity contribution in [3.05, 3.63) is 29.8 Å². The average molecular weight is 280 g/mol. The number of nitrogens with zero attached hydrogens (tertiary/aromatic N) is 1. The summed E-state index contributed by atoms with van der Waals surface area (Å²) >= 11 is 0. The Balaban J connectivity index is 2.35. The maximum absolute atomic E-state index is 11.2. The zero-order valence-electron chi connectivity index (χ0n) is 11.7. The molecule has 0 heterocycles. The molecule has 7 nitrogen and oxygen atoms in total. The minimum atomic E-state index is -0.345. The smallest absolute Gasteiger partial charge is 0.265 e. The Morgan fingerprint density at radius 3 is 2.50 bits per heavy atom. The van der Waals surface area contributed by atoms with Gasteiger partial charge in [0, 0.05) is 19.2 Å². The lowest BCUT2D eigenvalue weighted by Gasteiger charge is -2.15. The van der Waals surface area contributed by atoms with Crippen molar-refractivity contribution in [3.8, 4) is 5.75 Å². The molecule has 0 aliphatic heterocycles. The molecule has 0 radical (unpaired) electrons. The summed E-state index contributed by atoms with van der Waals surface area (Å²) in [5.74, 6) is 5.31. The van der Waals surface area contributed by atoms with Gasteiger partial charge in [-0.05, 0) is 31.3 Å². The second-order valence-corrected chi connectivity index (χ2v) is 4.26. The van der Waals surface area contributed by atoms with E-state index in [1.165, 1.54) is 0 Å². The van der Waals surface area contributed by atoms with Crippen LogP contribution < -0.4 is 21.3 Å². The second-order valence-electron chi connectivity index (χ2n) is 4.26. The lowest BCUT2D eigenvalue weighted by atomic mass is 10.2. The summed E-state index contributed by atoms with van der Waals surface area (Å²) < 4.78 is 5.52. The van der Waals surface area contributed by atoms with E-state index in [1.807, 2.05) is 11.9 Å². The number of nitrogens with two attached hydrogens (primary N) is 1. The SMILES string of the molecule is CNC(=O)CN(C)CCOc1ccc(C(=O)NN)cc1. The third kappa shape index (κ3) is 5.25. The number of nitrogen functional groups attached to an aromatic ring is 1. The minimum Gasteiger partial charge on any atom is -0.492 e. The molecule has 7 heteroatoms. The summed E-state index contributed by atoms with van der Waals surface area (Å²) in [5.41, 5.74) is 2.53. The van der Waals surface area contributed by atoms with Gasteiger partial charge in [0.05, 0.1) is 6.54 Å². The molecular formula is C13H20N4O3. The Labute approximate surface area is 118 Å². The number of carbonyl (C=O) groups excluding carboxylic acids is 2. The van der Waals surface area contributed by atoms with Crippen LogP contribution in [0.5, 0.6) is 5.75 Å². The quantitative estimate of drug-likeness (QED) is 0.350. The fourth-order valence-corrected chi connectivity index (χ4v) is 1.51.